The van der Waals surface area contributed by atoms with Gasteiger partial charge < -0.3 is 9.47 Å². The lowest BCUT2D eigenvalue weighted by molar-refractivity contribution is 0.752. The second-order valence-corrected chi connectivity index (χ2v) is 11.8. The quantitative estimate of drug-likeness (QED) is 0.151. The third kappa shape index (κ3) is 3.42. The monoisotopic (exact) mass is 591 g/mol. The van der Waals surface area contributed by atoms with Crippen LogP contribution in [0.25, 0.3) is 38.8 Å². The van der Waals surface area contributed by atoms with Crippen LogP contribution in [-0.4, -0.2) is 22.6 Å². The second kappa shape index (κ2) is 9.98. The molecule has 0 unspecified atom stereocenters. The van der Waals surface area contributed by atoms with Crippen molar-refractivity contribution in [3.8, 4) is 11.1 Å². The van der Waals surface area contributed by atoms with Gasteiger partial charge in [-0.3, -0.25) is 9.98 Å². The van der Waals surface area contributed by atoms with E-state index >= 15 is 0 Å². The number of hydrogen-bond acceptors (Lipinski definition) is 3. The summed E-state index contributed by atoms with van der Waals surface area (Å²) in [5.41, 5.74) is 14.8. The highest BCUT2D eigenvalue weighted by Gasteiger charge is 2.51. The fourth-order valence-electron chi connectivity index (χ4n) is 7.93. The van der Waals surface area contributed by atoms with Gasteiger partial charge in [0.2, 0.25) is 0 Å². The number of rotatable bonds is 4. The Morgan fingerprint density at radius 3 is 1.96 bits per heavy atom. The molecule has 2 aromatic heterocycles. The van der Waals surface area contributed by atoms with Crippen molar-refractivity contribution in [2.45, 2.75) is 12.3 Å². The Balaban J connectivity index is 1.32. The number of fused-ring (bicyclic) bond motifs is 12. The first-order valence-corrected chi connectivity index (χ1v) is 15.5. The van der Waals surface area contributed by atoms with Gasteiger partial charge in [0.15, 0.2) is 0 Å². The molecule has 0 bridgehead atoms. The lowest BCUT2D eigenvalue weighted by Gasteiger charge is -2.45. The maximum Gasteiger partial charge on any atom is 0.114 e. The highest BCUT2D eigenvalue weighted by atomic mass is 15.2. The smallest absolute Gasteiger partial charge is 0.114 e. The molecule has 1 spiro atoms. The molecule has 0 atom stereocenters. The van der Waals surface area contributed by atoms with Crippen LogP contribution >= 0.6 is 0 Å². The second-order valence-electron chi connectivity index (χ2n) is 11.8. The van der Waals surface area contributed by atoms with Gasteiger partial charge in [-0.25, -0.2) is 4.99 Å². The van der Waals surface area contributed by atoms with Crippen molar-refractivity contribution in [3.63, 3.8) is 0 Å². The summed E-state index contributed by atoms with van der Waals surface area (Å²) in [5, 5.41) is 1.08. The normalized spacial score (nSPS) is 14.5. The van der Waals surface area contributed by atoms with Gasteiger partial charge in [-0.1, -0.05) is 84.9 Å². The first-order chi connectivity index (χ1) is 22.7. The first kappa shape index (κ1) is 26.3. The average Bonchev–Trinajstić information content (AvgIpc) is 3.60. The van der Waals surface area contributed by atoms with E-state index in [1.807, 2.05) is 25.4 Å². The summed E-state index contributed by atoms with van der Waals surface area (Å²) < 4.78 is 2.21. The third-order valence-corrected chi connectivity index (χ3v) is 9.57. The zero-order valence-electron chi connectivity index (χ0n) is 25.3. The Morgan fingerprint density at radius 2 is 1.30 bits per heavy atom. The molecule has 7 aromatic rings. The predicted molar refractivity (Wildman–Crippen MR) is 191 cm³/mol. The minimum absolute atomic E-state index is 0.429. The maximum atomic E-state index is 4.86. The number of pyridine rings is 1. The molecule has 0 radical (unpaired) electrons. The van der Waals surface area contributed by atoms with Crippen LogP contribution in [0, 0.1) is 0 Å². The van der Waals surface area contributed by atoms with Crippen LogP contribution in [0.15, 0.2) is 150 Å². The molecule has 46 heavy (non-hydrogen) atoms. The van der Waals surface area contributed by atoms with Gasteiger partial charge in [0.25, 0.3) is 0 Å². The van der Waals surface area contributed by atoms with Crippen LogP contribution in [0.1, 0.15) is 29.2 Å². The largest absolute Gasteiger partial charge is 0.310 e. The Kier molecular flexibility index (Phi) is 5.71. The van der Waals surface area contributed by atoms with Crippen molar-refractivity contribution in [2.24, 2.45) is 9.98 Å². The van der Waals surface area contributed by atoms with Crippen LogP contribution < -0.4 is 4.90 Å². The van der Waals surface area contributed by atoms with Gasteiger partial charge in [-0.2, -0.15) is 0 Å². The lowest BCUT2D eigenvalue weighted by atomic mass is 9.64. The molecule has 0 saturated heterocycles. The van der Waals surface area contributed by atoms with Crippen LogP contribution in [0.5, 0.6) is 0 Å². The topological polar surface area (TPSA) is 45.8 Å². The van der Waals surface area contributed by atoms with Crippen molar-refractivity contribution in [2.75, 3.05) is 4.90 Å². The van der Waals surface area contributed by atoms with E-state index in [-0.39, 0.29) is 0 Å². The molecule has 0 fully saturated rings. The minimum Gasteiger partial charge on any atom is -0.310 e. The number of allylic oxidation sites excluding steroid dienone is 1. The average molecular weight is 592 g/mol. The Labute approximate surface area is 267 Å². The minimum atomic E-state index is -0.429. The fourth-order valence-corrected chi connectivity index (χ4v) is 7.93. The van der Waals surface area contributed by atoms with Gasteiger partial charge in [0, 0.05) is 29.2 Å². The molecular formula is C41H29N5. The van der Waals surface area contributed by atoms with E-state index in [9.17, 15) is 0 Å². The predicted octanol–water partition coefficient (Wildman–Crippen LogP) is 9.88. The van der Waals surface area contributed by atoms with E-state index in [4.69, 9.17) is 4.98 Å². The van der Waals surface area contributed by atoms with E-state index in [0.29, 0.717) is 0 Å². The van der Waals surface area contributed by atoms with Crippen molar-refractivity contribution in [3.05, 3.63) is 162 Å². The molecule has 2 aliphatic rings. The molecule has 218 valence electrons. The number of aromatic nitrogens is 2. The number of hydrogen-bond donors (Lipinski definition) is 0. The third-order valence-electron chi connectivity index (χ3n) is 9.57. The standard InChI is InChI=1S/C41H29N5/c1-27(25-43-26-42-2)45-36-22-21-28(24-31(36)40-39(45)20-11-23-44-40)46-37-18-9-7-16-34(37)41(35-17-8-10-19-38(35)46)32-14-5-3-12-29(32)30-13-4-6-15-33(30)41/h3-26H,2H2,1H3/b27-25+,43-26-. The van der Waals surface area contributed by atoms with Crippen LogP contribution in [0.3, 0.4) is 0 Å². The van der Waals surface area contributed by atoms with Crippen molar-refractivity contribution in [1.82, 2.24) is 9.55 Å². The lowest BCUT2D eigenvalue weighted by Crippen LogP contribution is -2.36. The van der Waals surface area contributed by atoms with Crippen molar-refractivity contribution >= 4 is 57.8 Å². The summed E-state index contributed by atoms with van der Waals surface area (Å²) in [6.45, 7) is 5.55. The van der Waals surface area contributed by atoms with E-state index < -0.39 is 5.41 Å². The SMILES string of the molecule is C=N/C=N\C=C(/C)n1c2ccc(N3c4ccccc4C4(c5ccccc5-c5ccccc54)c4ccccc43)cc2c2ncccc21. The highest BCUT2D eigenvalue weighted by Crippen LogP contribution is 2.63. The summed E-state index contributed by atoms with van der Waals surface area (Å²) in [7, 11) is 0. The van der Waals surface area contributed by atoms with Gasteiger partial charge in [0.05, 0.1) is 33.3 Å². The number of para-hydroxylation sites is 2. The van der Waals surface area contributed by atoms with Gasteiger partial charge in [0.1, 0.15) is 6.34 Å². The van der Waals surface area contributed by atoms with E-state index in [1.54, 1.807) is 0 Å². The first-order valence-electron chi connectivity index (χ1n) is 15.5. The zero-order valence-corrected chi connectivity index (χ0v) is 25.3. The molecule has 5 nitrogen and oxygen atoms in total. The van der Waals surface area contributed by atoms with Crippen molar-refractivity contribution in [1.29, 1.82) is 0 Å². The van der Waals surface area contributed by atoms with Gasteiger partial charge in [-0.05, 0) is 89.5 Å². The molecule has 0 amide bonds. The van der Waals surface area contributed by atoms with Gasteiger partial charge in [-0.15, -0.1) is 0 Å². The molecule has 0 N–H and O–H groups in total. The summed E-state index contributed by atoms with van der Waals surface area (Å²) >= 11 is 0. The fraction of sp³-hybridized carbons (Fsp3) is 0.0488. The number of benzene rings is 5. The summed E-state index contributed by atoms with van der Waals surface area (Å²) in [6, 6.07) is 46.5. The van der Waals surface area contributed by atoms with E-state index in [2.05, 4.69) is 147 Å². The van der Waals surface area contributed by atoms with Gasteiger partial charge >= 0.3 is 0 Å². The molecule has 1 aliphatic heterocycles. The summed E-state index contributed by atoms with van der Waals surface area (Å²) in [4.78, 5) is 15.3. The van der Waals surface area contributed by atoms with E-state index in [0.717, 1.165) is 33.3 Å². The van der Waals surface area contributed by atoms with Crippen LogP contribution in [-0.2, 0) is 5.41 Å². The number of nitrogens with zero attached hydrogens (tertiary/aromatic N) is 5. The molecule has 5 aromatic carbocycles. The van der Waals surface area contributed by atoms with E-state index in [1.165, 1.54) is 51.1 Å². The molecule has 0 saturated carbocycles. The Morgan fingerprint density at radius 1 is 0.696 bits per heavy atom. The maximum absolute atomic E-state index is 4.86. The molecule has 1 aliphatic carbocycles. The zero-order chi connectivity index (χ0) is 30.8. The molecular weight excluding hydrogens is 562 g/mol. The summed E-state index contributed by atoms with van der Waals surface area (Å²) in [6.07, 6.45) is 5.12. The molecule has 3 heterocycles. The van der Waals surface area contributed by atoms with Crippen LogP contribution in [0.4, 0.5) is 17.1 Å². The highest BCUT2D eigenvalue weighted by molar-refractivity contribution is 6.09. The van der Waals surface area contributed by atoms with Crippen molar-refractivity contribution < 1.29 is 0 Å². The Bertz CT molecular complexity index is 2330. The molecule has 9 rings (SSSR count). The van der Waals surface area contributed by atoms with Crippen LogP contribution in [0.2, 0.25) is 0 Å². The molecule has 5 heteroatoms. The summed E-state index contributed by atoms with van der Waals surface area (Å²) in [5.74, 6) is 0. The number of aliphatic imine (C=N–C) groups is 2. The Hall–Kier alpha value is -6.07. The number of anilines is 3.